The molecule has 2 saturated heterocycles. The fourth-order valence-electron chi connectivity index (χ4n) is 3.46. The lowest BCUT2D eigenvalue weighted by molar-refractivity contribution is -0.125. The molecule has 0 unspecified atom stereocenters. The van der Waals surface area contributed by atoms with Crippen LogP contribution in [0.3, 0.4) is 0 Å². The van der Waals surface area contributed by atoms with Crippen molar-refractivity contribution in [3.63, 3.8) is 0 Å². The van der Waals surface area contributed by atoms with Crippen LogP contribution in [0.1, 0.15) is 23.2 Å². The Morgan fingerprint density at radius 1 is 1.30 bits per heavy atom. The molecule has 0 aromatic heterocycles. The van der Waals surface area contributed by atoms with E-state index in [0.29, 0.717) is 32.5 Å². The molecular weight excluding hydrogens is 377 g/mol. The molecule has 2 heterocycles. The number of likely N-dealkylation sites (tertiary alicyclic amines) is 1. The number of methoxy groups -OCH3 is 1. The van der Waals surface area contributed by atoms with Gasteiger partial charge in [0.2, 0.25) is 5.91 Å². The molecule has 27 heavy (non-hydrogen) atoms. The van der Waals surface area contributed by atoms with Crippen LogP contribution in [0.4, 0.5) is 9.18 Å². The molecule has 146 valence electrons. The van der Waals surface area contributed by atoms with E-state index in [1.807, 2.05) is 0 Å². The van der Waals surface area contributed by atoms with Crippen LogP contribution in [-0.2, 0) is 9.53 Å². The number of urea groups is 1. The number of piperidine rings is 1. The van der Waals surface area contributed by atoms with E-state index >= 15 is 0 Å². The summed E-state index contributed by atoms with van der Waals surface area (Å²) in [5.74, 6) is -0.983. The smallest absolute Gasteiger partial charge is 0.327 e. The summed E-state index contributed by atoms with van der Waals surface area (Å²) in [6.07, 6.45) is 1.14. The fraction of sp³-hybridized carbons (Fsp3) is 0.500. The average molecular weight is 398 g/mol. The summed E-state index contributed by atoms with van der Waals surface area (Å²) >= 11 is 5.98. The van der Waals surface area contributed by atoms with Gasteiger partial charge >= 0.3 is 6.03 Å². The van der Waals surface area contributed by atoms with Crippen molar-refractivity contribution in [1.82, 2.24) is 14.7 Å². The van der Waals surface area contributed by atoms with Crippen molar-refractivity contribution in [2.24, 2.45) is 0 Å². The number of amides is 4. The number of carbonyl (C=O) groups excluding carboxylic acids is 3. The van der Waals surface area contributed by atoms with Gasteiger partial charge in [-0.05, 0) is 31.0 Å². The first-order valence-corrected chi connectivity index (χ1v) is 9.14. The van der Waals surface area contributed by atoms with E-state index in [9.17, 15) is 18.8 Å². The van der Waals surface area contributed by atoms with Gasteiger partial charge in [-0.3, -0.25) is 14.5 Å². The lowest BCUT2D eigenvalue weighted by Gasteiger charge is -2.36. The van der Waals surface area contributed by atoms with Gasteiger partial charge in [0.15, 0.2) is 0 Å². The zero-order chi connectivity index (χ0) is 19.6. The summed E-state index contributed by atoms with van der Waals surface area (Å²) in [5, 5.41) is 0.0798. The highest BCUT2D eigenvalue weighted by atomic mass is 35.5. The number of hydrogen-bond donors (Lipinski definition) is 0. The van der Waals surface area contributed by atoms with E-state index in [1.165, 1.54) is 24.1 Å². The van der Waals surface area contributed by atoms with E-state index in [-0.39, 0.29) is 47.6 Å². The molecule has 3 rings (SSSR count). The highest BCUT2D eigenvalue weighted by Crippen LogP contribution is 2.25. The van der Waals surface area contributed by atoms with Gasteiger partial charge < -0.3 is 14.5 Å². The van der Waals surface area contributed by atoms with E-state index in [2.05, 4.69) is 0 Å². The van der Waals surface area contributed by atoms with Crippen molar-refractivity contribution in [1.29, 1.82) is 0 Å². The van der Waals surface area contributed by atoms with Crippen LogP contribution in [0.2, 0.25) is 5.02 Å². The minimum Gasteiger partial charge on any atom is -0.383 e. The van der Waals surface area contributed by atoms with Crippen LogP contribution in [-0.4, -0.2) is 78.5 Å². The molecular formula is C18H21ClFN3O4. The number of ether oxygens (including phenoxy) is 1. The normalized spacial score (nSPS) is 18.6. The lowest BCUT2D eigenvalue weighted by Crippen LogP contribution is -2.48. The zero-order valence-corrected chi connectivity index (χ0v) is 15.7. The maximum Gasteiger partial charge on any atom is 0.327 e. The summed E-state index contributed by atoms with van der Waals surface area (Å²) in [5.41, 5.74) is 0.259. The molecule has 0 atom stereocenters. The van der Waals surface area contributed by atoms with E-state index < -0.39 is 5.82 Å². The highest BCUT2D eigenvalue weighted by Gasteiger charge is 2.40. The van der Waals surface area contributed by atoms with Crippen molar-refractivity contribution >= 4 is 29.4 Å². The highest BCUT2D eigenvalue weighted by molar-refractivity contribution is 6.33. The van der Waals surface area contributed by atoms with Crippen LogP contribution in [0.15, 0.2) is 18.2 Å². The molecule has 2 aliphatic rings. The van der Waals surface area contributed by atoms with Gasteiger partial charge in [-0.15, -0.1) is 0 Å². The standard InChI is InChI=1S/C18H21ClFN3O4/c1-27-9-8-22-16(24)11-23(18(22)26)13-4-6-21(7-5-13)17(25)14-3-2-12(20)10-15(14)19/h2-3,10,13H,4-9,11H2,1H3. The summed E-state index contributed by atoms with van der Waals surface area (Å²) in [6.45, 7) is 1.48. The molecule has 0 saturated carbocycles. The quantitative estimate of drug-likeness (QED) is 0.712. The van der Waals surface area contributed by atoms with Gasteiger partial charge in [0, 0.05) is 26.2 Å². The number of imide groups is 1. The summed E-state index contributed by atoms with van der Waals surface area (Å²) in [4.78, 5) is 41.6. The molecule has 2 fully saturated rings. The molecule has 0 aliphatic carbocycles. The molecule has 0 spiro atoms. The van der Waals surface area contributed by atoms with Crippen LogP contribution < -0.4 is 0 Å². The topological polar surface area (TPSA) is 70.2 Å². The summed E-state index contributed by atoms with van der Waals surface area (Å²) < 4.78 is 18.1. The Morgan fingerprint density at radius 3 is 2.63 bits per heavy atom. The molecule has 4 amide bonds. The monoisotopic (exact) mass is 397 g/mol. The molecule has 0 radical (unpaired) electrons. The van der Waals surface area contributed by atoms with Gasteiger partial charge in [0.1, 0.15) is 12.4 Å². The van der Waals surface area contributed by atoms with Crippen molar-refractivity contribution in [3.8, 4) is 0 Å². The Balaban J connectivity index is 1.59. The number of hydrogen-bond acceptors (Lipinski definition) is 4. The molecule has 9 heteroatoms. The van der Waals surface area contributed by atoms with Crippen LogP contribution in [0, 0.1) is 5.82 Å². The first-order chi connectivity index (χ1) is 12.9. The molecule has 0 bridgehead atoms. The van der Waals surface area contributed by atoms with Gasteiger partial charge in [-0.1, -0.05) is 11.6 Å². The largest absolute Gasteiger partial charge is 0.383 e. The second-order valence-electron chi connectivity index (χ2n) is 6.60. The molecule has 7 nitrogen and oxygen atoms in total. The summed E-state index contributed by atoms with van der Waals surface area (Å²) in [6, 6.07) is 3.30. The third-order valence-corrected chi connectivity index (χ3v) is 5.27. The Kier molecular flexibility index (Phi) is 5.96. The number of rotatable bonds is 5. The fourth-order valence-corrected chi connectivity index (χ4v) is 3.71. The van der Waals surface area contributed by atoms with Crippen molar-refractivity contribution in [2.75, 3.05) is 39.9 Å². The zero-order valence-electron chi connectivity index (χ0n) is 15.0. The van der Waals surface area contributed by atoms with Crippen LogP contribution in [0.25, 0.3) is 0 Å². The van der Waals surface area contributed by atoms with Crippen molar-refractivity contribution in [3.05, 3.63) is 34.6 Å². The first-order valence-electron chi connectivity index (χ1n) is 8.76. The third-order valence-electron chi connectivity index (χ3n) is 4.96. The molecule has 0 N–H and O–H groups in total. The Bertz CT molecular complexity index is 752. The SMILES string of the molecule is COCCN1C(=O)CN(C2CCN(C(=O)c3ccc(F)cc3Cl)CC2)C1=O. The second kappa shape index (κ2) is 8.22. The minimum absolute atomic E-state index is 0.0605. The van der Waals surface area contributed by atoms with Crippen LogP contribution in [0.5, 0.6) is 0 Å². The lowest BCUT2D eigenvalue weighted by atomic mass is 10.0. The van der Waals surface area contributed by atoms with E-state index in [1.54, 1.807) is 9.80 Å². The number of halogens is 2. The van der Waals surface area contributed by atoms with Crippen molar-refractivity contribution in [2.45, 2.75) is 18.9 Å². The number of carbonyl (C=O) groups is 3. The van der Waals surface area contributed by atoms with Gasteiger partial charge in [0.25, 0.3) is 5.91 Å². The van der Waals surface area contributed by atoms with Crippen molar-refractivity contribution < 1.29 is 23.5 Å². The summed E-state index contributed by atoms with van der Waals surface area (Å²) in [7, 11) is 1.52. The number of benzene rings is 1. The van der Waals surface area contributed by atoms with E-state index in [4.69, 9.17) is 16.3 Å². The van der Waals surface area contributed by atoms with Crippen LogP contribution >= 0.6 is 11.6 Å². The maximum absolute atomic E-state index is 13.2. The number of nitrogens with zero attached hydrogens (tertiary/aromatic N) is 3. The first kappa shape index (κ1) is 19.6. The minimum atomic E-state index is -0.495. The second-order valence-corrected chi connectivity index (χ2v) is 7.00. The maximum atomic E-state index is 13.2. The van der Waals surface area contributed by atoms with Gasteiger partial charge in [0.05, 0.1) is 23.7 Å². The molecule has 1 aromatic carbocycles. The Labute approximate surface area is 161 Å². The van der Waals surface area contributed by atoms with E-state index in [0.717, 1.165) is 6.07 Å². The third kappa shape index (κ3) is 4.06. The predicted octanol–water partition coefficient (Wildman–Crippen LogP) is 1.99. The van der Waals surface area contributed by atoms with Gasteiger partial charge in [-0.2, -0.15) is 0 Å². The molecule has 2 aliphatic heterocycles. The molecule has 1 aromatic rings. The van der Waals surface area contributed by atoms with Gasteiger partial charge in [-0.25, -0.2) is 9.18 Å². The Hall–Kier alpha value is -2.19. The average Bonchev–Trinajstić information content (AvgIpc) is 2.93. The Morgan fingerprint density at radius 2 is 2.00 bits per heavy atom. The predicted molar refractivity (Wildman–Crippen MR) is 96.0 cm³/mol.